The molecular weight excluding hydrogens is 298 g/mol. The monoisotopic (exact) mass is 321 g/mol. The summed E-state index contributed by atoms with van der Waals surface area (Å²) < 4.78 is 5.41. The first kappa shape index (κ1) is 17.2. The highest BCUT2D eigenvalue weighted by Crippen LogP contribution is 2.27. The Balaban J connectivity index is 2.01. The first-order chi connectivity index (χ1) is 10.7. The highest BCUT2D eigenvalue weighted by Gasteiger charge is 2.33. The fourth-order valence-electron chi connectivity index (χ4n) is 2.56. The quantitative estimate of drug-likeness (QED) is 0.815. The Morgan fingerprint density at radius 1 is 1.39 bits per heavy atom. The Morgan fingerprint density at radius 2 is 2.09 bits per heavy atom. The largest absolute Gasteiger partial charge is 0.478 e. The van der Waals surface area contributed by atoms with Gasteiger partial charge in [-0.05, 0) is 45.7 Å². The summed E-state index contributed by atoms with van der Waals surface area (Å²) in [5.74, 6) is -0.845. The molecule has 0 aromatic carbocycles. The summed E-state index contributed by atoms with van der Waals surface area (Å²) in [6.45, 7) is 6.10. The summed E-state index contributed by atoms with van der Waals surface area (Å²) in [4.78, 5) is 29.0. The van der Waals surface area contributed by atoms with Crippen LogP contribution in [-0.4, -0.2) is 40.3 Å². The van der Waals surface area contributed by atoms with Crippen LogP contribution < -0.4 is 10.6 Å². The van der Waals surface area contributed by atoms with Gasteiger partial charge in [-0.25, -0.2) is 9.78 Å². The molecule has 0 bridgehead atoms. The Hall–Kier alpha value is -2.15. The van der Waals surface area contributed by atoms with Crippen molar-refractivity contribution in [2.75, 3.05) is 11.4 Å². The van der Waals surface area contributed by atoms with Crippen molar-refractivity contribution in [2.24, 2.45) is 11.7 Å². The molecule has 0 saturated carbocycles. The van der Waals surface area contributed by atoms with Crippen molar-refractivity contribution in [2.45, 2.75) is 45.4 Å². The molecule has 0 amide bonds. The fourth-order valence-corrected chi connectivity index (χ4v) is 2.56. The first-order valence-electron chi connectivity index (χ1n) is 7.62. The van der Waals surface area contributed by atoms with E-state index in [1.54, 1.807) is 6.07 Å². The van der Waals surface area contributed by atoms with E-state index in [0.29, 0.717) is 25.2 Å². The van der Waals surface area contributed by atoms with Gasteiger partial charge in [-0.1, -0.05) is 0 Å². The molecule has 0 radical (unpaired) electrons. The third kappa shape index (κ3) is 4.41. The number of rotatable bonds is 3. The Bertz CT molecular complexity index is 580. The van der Waals surface area contributed by atoms with Crippen molar-refractivity contribution < 1.29 is 19.4 Å². The number of nitrogens with two attached hydrogens (primary N) is 1. The second kappa shape index (κ2) is 6.54. The van der Waals surface area contributed by atoms with E-state index in [9.17, 15) is 9.59 Å². The van der Waals surface area contributed by atoms with Gasteiger partial charge in [0.1, 0.15) is 11.4 Å². The zero-order valence-corrected chi connectivity index (χ0v) is 13.7. The fraction of sp³-hybridized carbons (Fsp3) is 0.562. The van der Waals surface area contributed by atoms with Crippen molar-refractivity contribution >= 4 is 17.8 Å². The second-order valence-electron chi connectivity index (χ2n) is 6.73. The average Bonchev–Trinajstić information content (AvgIpc) is 2.45. The number of piperidine rings is 1. The van der Waals surface area contributed by atoms with E-state index in [1.807, 2.05) is 25.7 Å². The smallest absolute Gasteiger partial charge is 0.337 e. The molecule has 2 rings (SSSR count). The minimum atomic E-state index is -1.02. The maximum atomic E-state index is 12.1. The number of anilines is 1. The number of carbonyl (C=O) groups is 2. The molecule has 2 atom stereocenters. The van der Waals surface area contributed by atoms with E-state index >= 15 is 0 Å². The minimum Gasteiger partial charge on any atom is -0.478 e. The average molecular weight is 321 g/mol. The van der Waals surface area contributed by atoms with Gasteiger partial charge < -0.3 is 20.5 Å². The van der Waals surface area contributed by atoms with Gasteiger partial charge in [0.25, 0.3) is 0 Å². The van der Waals surface area contributed by atoms with Crippen LogP contribution in [-0.2, 0) is 9.53 Å². The number of nitrogens with zero attached hydrogens (tertiary/aromatic N) is 2. The number of carboxylic acids is 1. The van der Waals surface area contributed by atoms with E-state index in [4.69, 9.17) is 15.6 Å². The van der Waals surface area contributed by atoms with E-state index in [0.717, 1.165) is 0 Å². The lowest BCUT2D eigenvalue weighted by atomic mass is 9.94. The molecule has 7 nitrogen and oxygen atoms in total. The van der Waals surface area contributed by atoms with Gasteiger partial charge in [0.15, 0.2) is 0 Å². The molecule has 23 heavy (non-hydrogen) atoms. The molecule has 2 unspecified atom stereocenters. The molecule has 0 aliphatic carbocycles. The zero-order chi connectivity index (χ0) is 17.2. The van der Waals surface area contributed by atoms with E-state index in [2.05, 4.69) is 4.98 Å². The van der Waals surface area contributed by atoms with Gasteiger partial charge in [-0.2, -0.15) is 0 Å². The highest BCUT2D eigenvalue weighted by atomic mass is 16.6. The molecule has 126 valence electrons. The lowest BCUT2D eigenvalue weighted by Gasteiger charge is -2.38. The number of pyridine rings is 1. The lowest BCUT2D eigenvalue weighted by Crippen LogP contribution is -2.50. The molecule has 1 saturated heterocycles. The zero-order valence-electron chi connectivity index (χ0n) is 13.7. The Labute approximate surface area is 135 Å². The van der Waals surface area contributed by atoms with Crippen LogP contribution in [0.15, 0.2) is 18.3 Å². The van der Waals surface area contributed by atoms with Gasteiger partial charge in [0, 0.05) is 12.7 Å². The van der Waals surface area contributed by atoms with Crippen molar-refractivity contribution in [1.29, 1.82) is 0 Å². The van der Waals surface area contributed by atoms with Crippen LogP contribution in [0.4, 0.5) is 5.82 Å². The number of aromatic nitrogens is 1. The lowest BCUT2D eigenvalue weighted by molar-refractivity contribution is -0.161. The summed E-state index contributed by atoms with van der Waals surface area (Å²) in [6.07, 6.45) is 2.07. The van der Waals surface area contributed by atoms with Crippen molar-refractivity contribution in [3.05, 3.63) is 23.9 Å². The van der Waals surface area contributed by atoms with Crippen LogP contribution in [0.3, 0.4) is 0 Å². The number of carbonyl (C=O) groups excluding carboxylic acids is 1. The summed E-state index contributed by atoms with van der Waals surface area (Å²) in [6, 6.07) is 3.13. The normalized spacial score (nSPS) is 21.8. The highest BCUT2D eigenvalue weighted by molar-refractivity contribution is 5.87. The van der Waals surface area contributed by atoms with Crippen molar-refractivity contribution in [1.82, 2.24) is 4.98 Å². The van der Waals surface area contributed by atoms with Gasteiger partial charge in [-0.15, -0.1) is 0 Å². The van der Waals surface area contributed by atoms with Crippen LogP contribution in [0.2, 0.25) is 0 Å². The number of hydrogen-bond acceptors (Lipinski definition) is 6. The van der Waals surface area contributed by atoms with E-state index < -0.39 is 11.6 Å². The molecule has 1 fully saturated rings. The third-order valence-corrected chi connectivity index (χ3v) is 3.67. The van der Waals surface area contributed by atoms with Gasteiger partial charge in [0.05, 0.1) is 17.6 Å². The van der Waals surface area contributed by atoms with Crippen molar-refractivity contribution in [3.63, 3.8) is 0 Å². The van der Waals surface area contributed by atoms with Gasteiger partial charge in [0.2, 0.25) is 0 Å². The number of aromatic carboxylic acids is 1. The summed E-state index contributed by atoms with van der Waals surface area (Å²) in [5.41, 5.74) is 5.79. The Kier molecular flexibility index (Phi) is 4.89. The Morgan fingerprint density at radius 3 is 2.57 bits per heavy atom. The van der Waals surface area contributed by atoms with E-state index in [-0.39, 0.29) is 23.6 Å². The predicted octanol–water partition coefficient (Wildman–Crippen LogP) is 1.62. The summed E-state index contributed by atoms with van der Waals surface area (Å²) >= 11 is 0. The maximum absolute atomic E-state index is 12.1. The number of hydrogen-bond donors (Lipinski definition) is 2. The minimum absolute atomic E-state index is 0.131. The standard InChI is InChI=1S/C16H23N3O4/c1-16(2,3)23-15(22)10-6-7-19(12(17)8-10)13-5-4-11(9-18-13)14(20)21/h4-5,9-10,12H,6-8,17H2,1-3H3,(H,20,21). The number of esters is 1. The molecule has 0 spiro atoms. The van der Waals surface area contributed by atoms with Gasteiger partial charge in [-0.3, -0.25) is 4.79 Å². The molecule has 3 N–H and O–H groups in total. The van der Waals surface area contributed by atoms with Crippen molar-refractivity contribution in [3.8, 4) is 0 Å². The van der Waals surface area contributed by atoms with Crippen LogP contribution in [0.1, 0.15) is 44.0 Å². The first-order valence-corrected chi connectivity index (χ1v) is 7.62. The number of carboxylic acid groups (broad SMARTS) is 1. The predicted molar refractivity (Wildman–Crippen MR) is 85.1 cm³/mol. The topological polar surface area (TPSA) is 106 Å². The van der Waals surface area contributed by atoms with Crippen LogP contribution in [0.25, 0.3) is 0 Å². The summed E-state index contributed by atoms with van der Waals surface area (Å²) in [7, 11) is 0. The molecular formula is C16H23N3O4. The second-order valence-corrected chi connectivity index (χ2v) is 6.73. The SMILES string of the molecule is CC(C)(C)OC(=O)C1CCN(c2ccc(C(=O)O)cn2)C(N)C1. The van der Waals surface area contributed by atoms with Crippen LogP contribution >= 0.6 is 0 Å². The molecule has 1 aliphatic heterocycles. The maximum Gasteiger partial charge on any atom is 0.337 e. The molecule has 7 heteroatoms. The molecule has 1 aliphatic rings. The number of ether oxygens (including phenoxy) is 1. The third-order valence-electron chi connectivity index (χ3n) is 3.67. The van der Waals surface area contributed by atoms with Crippen LogP contribution in [0.5, 0.6) is 0 Å². The van der Waals surface area contributed by atoms with E-state index in [1.165, 1.54) is 12.3 Å². The molecule has 1 aromatic rings. The summed E-state index contributed by atoms with van der Waals surface area (Å²) in [5, 5.41) is 8.90. The van der Waals surface area contributed by atoms with Crippen LogP contribution in [0, 0.1) is 5.92 Å². The van der Waals surface area contributed by atoms with Gasteiger partial charge >= 0.3 is 11.9 Å². The molecule has 1 aromatic heterocycles. The molecule has 2 heterocycles.